The molecule has 116 valence electrons. The second-order valence-electron chi connectivity index (χ2n) is 4.24. The average Bonchev–Trinajstić information content (AvgIpc) is 2.44. The summed E-state index contributed by atoms with van der Waals surface area (Å²) in [5.74, 6) is -0.957. The molecular formula is C13H10F3N3O2S. The van der Waals surface area contributed by atoms with Crippen molar-refractivity contribution in [1.29, 1.82) is 0 Å². The fourth-order valence-corrected chi connectivity index (χ4v) is 2.53. The summed E-state index contributed by atoms with van der Waals surface area (Å²) in [6, 6.07) is 5.14. The Labute approximate surface area is 126 Å². The molecule has 0 aliphatic carbocycles. The van der Waals surface area contributed by atoms with E-state index >= 15 is 0 Å². The molecule has 3 N–H and O–H groups in total. The van der Waals surface area contributed by atoms with E-state index in [9.17, 15) is 22.8 Å². The number of carbonyl (C=O) groups is 1. The van der Waals surface area contributed by atoms with Gasteiger partial charge in [0, 0.05) is 11.9 Å². The van der Waals surface area contributed by atoms with E-state index in [1.165, 1.54) is 18.2 Å². The lowest BCUT2D eigenvalue weighted by Gasteiger charge is -2.11. The standard InChI is InChI=1S/C13H10F3N3O2S/c14-13(15,16)9-4-2-1-3-7(9)6-22-12-18-5-8(10(17)20)11(21)19-12/h1-5H,6H2,(H2,17,20)(H,18,19,21). The maximum absolute atomic E-state index is 12.8. The number of aromatic amines is 1. The van der Waals surface area contributed by atoms with Crippen LogP contribution in [0.1, 0.15) is 21.5 Å². The molecule has 2 aromatic rings. The predicted octanol–water partition coefficient (Wildman–Crippen LogP) is 2.18. The van der Waals surface area contributed by atoms with Gasteiger partial charge in [-0.25, -0.2) is 4.98 Å². The number of nitrogens with one attached hydrogen (secondary N) is 1. The van der Waals surface area contributed by atoms with Crippen LogP contribution in [0, 0.1) is 0 Å². The summed E-state index contributed by atoms with van der Waals surface area (Å²) < 4.78 is 38.5. The van der Waals surface area contributed by atoms with Crippen molar-refractivity contribution in [1.82, 2.24) is 9.97 Å². The Morgan fingerprint density at radius 3 is 2.59 bits per heavy atom. The Hall–Kier alpha value is -2.29. The monoisotopic (exact) mass is 329 g/mol. The third-order valence-electron chi connectivity index (χ3n) is 2.73. The molecular weight excluding hydrogens is 319 g/mol. The fourth-order valence-electron chi connectivity index (χ4n) is 1.70. The molecule has 0 fully saturated rings. The number of amides is 1. The highest BCUT2D eigenvalue weighted by atomic mass is 32.2. The van der Waals surface area contributed by atoms with Gasteiger partial charge in [0.2, 0.25) is 0 Å². The highest BCUT2D eigenvalue weighted by Gasteiger charge is 2.32. The summed E-state index contributed by atoms with van der Waals surface area (Å²) in [5, 5.41) is 0.104. The smallest absolute Gasteiger partial charge is 0.365 e. The van der Waals surface area contributed by atoms with Gasteiger partial charge >= 0.3 is 6.18 Å². The van der Waals surface area contributed by atoms with Crippen molar-refractivity contribution in [3.8, 4) is 0 Å². The van der Waals surface area contributed by atoms with Crippen molar-refractivity contribution < 1.29 is 18.0 Å². The van der Waals surface area contributed by atoms with E-state index < -0.39 is 23.2 Å². The van der Waals surface area contributed by atoms with Crippen molar-refractivity contribution in [2.75, 3.05) is 0 Å². The van der Waals surface area contributed by atoms with E-state index in [0.29, 0.717) is 0 Å². The molecule has 0 unspecified atom stereocenters. The van der Waals surface area contributed by atoms with Gasteiger partial charge in [0.25, 0.3) is 11.5 Å². The zero-order valence-corrected chi connectivity index (χ0v) is 11.8. The molecule has 0 bridgehead atoms. The molecule has 22 heavy (non-hydrogen) atoms. The van der Waals surface area contributed by atoms with E-state index in [-0.39, 0.29) is 22.0 Å². The quantitative estimate of drug-likeness (QED) is 0.665. The van der Waals surface area contributed by atoms with E-state index in [1.807, 2.05) is 0 Å². The number of nitrogens with zero attached hydrogens (tertiary/aromatic N) is 1. The third kappa shape index (κ3) is 3.67. The summed E-state index contributed by atoms with van der Waals surface area (Å²) in [4.78, 5) is 28.5. The summed E-state index contributed by atoms with van der Waals surface area (Å²) in [7, 11) is 0. The minimum atomic E-state index is -4.45. The van der Waals surface area contributed by atoms with Gasteiger partial charge < -0.3 is 10.7 Å². The number of benzene rings is 1. The van der Waals surface area contributed by atoms with Crippen LogP contribution < -0.4 is 11.3 Å². The van der Waals surface area contributed by atoms with E-state index in [0.717, 1.165) is 24.0 Å². The minimum absolute atomic E-state index is 0.0332. The van der Waals surface area contributed by atoms with Crippen LogP contribution in [-0.4, -0.2) is 15.9 Å². The molecule has 1 amide bonds. The Kier molecular flexibility index (Phi) is 4.55. The molecule has 1 heterocycles. The van der Waals surface area contributed by atoms with Crippen LogP contribution in [-0.2, 0) is 11.9 Å². The number of primary amides is 1. The first-order valence-electron chi connectivity index (χ1n) is 5.96. The Balaban J connectivity index is 2.20. The molecule has 0 spiro atoms. The molecule has 0 saturated carbocycles. The Bertz CT molecular complexity index is 759. The van der Waals surface area contributed by atoms with Gasteiger partial charge in [-0.3, -0.25) is 9.59 Å². The fraction of sp³-hybridized carbons (Fsp3) is 0.154. The van der Waals surface area contributed by atoms with E-state index in [1.54, 1.807) is 0 Å². The SMILES string of the molecule is NC(=O)c1cnc(SCc2ccccc2C(F)(F)F)[nH]c1=O. The number of carbonyl (C=O) groups excluding carboxylic acids is 1. The van der Waals surface area contributed by atoms with Gasteiger partial charge in [0.15, 0.2) is 5.16 Å². The Morgan fingerprint density at radius 1 is 1.32 bits per heavy atom. The van der Waals surface area contributed by atoms with Crippen molar-refractivity contribution >= 4 is 17.7 Å². The summed E-state index contributed by atoms with van der Waals surface area (Å²) >= 11 is 0.920. The number of hydrogen-bond donors (Lipinski definition) is 2. The number of halogens is 3. The van der Waals surface area contributed by atoms with Crippen LogP contribution in [0.3, 0.4) is 0 Å². The van der Waals surface area contributed by atoms with Gasteiger partial charge in [0.1, 0.15) is 5.56 Å². The number of rotatable bonds is 4. The molecule has 0 radical (unpaired) electrons. The molecule has 0 aliphatic rings. The van der Waals surface area contributed by atoms with Crippen molar-refractivity contribution in [3.63, 3.8) is 0 Å². The number of nitrogens with two attached hydrogens (primary N) is 1. The molecule has 0 aliphatic heterocycles. The lowest BCUT2D eigenvalue weighted by molar-refractivity contribution is -0.138. The topological polar surface area (TPSA) is 88.8 Å². The summed E-state index contributed by atoms with van der Waals surface area (Å²) in [6.45, 7) is 0. The molecule has 0 saturated heterocycles. The average molecular weight is 329 g/mol. The molecule has 9 heteroatoms. The van der Waals surface area contributed by atoms with E-state index in [2.05, 4.69) is 9.97 Å². The molecule has 5 nitrogen and oxygen atoms in total. The van der Waals surface area contributed by atoms with Gasteiger partial charge in [-0.15, -0.1) is 0 Å². The van der Waals surface area contributed by atoms with Crippen LogP contribution >= 0.6 is 11.8 Å². The zero-order valence-electron chi connectivity index (χ0n) is 11.0. The minimum Gasteiger partial charge on any atom is -0.365 e. The summed E-state index contributed by atoms with van der Waals surface area (Å²) in [6.07, 6.45) is -3.45. The first-order chi connectivity index (χ1) is 10.3. The van der Waals surface area contributed by atoms with Crippen molar-refractivity contribution in [2.24, 2.45) is 5.73 Å². The van der Waals surface area contributed by atoms with Crippen LogP contribution in [0.4, 0.5) is 13.2 Å². The second-order valence-corrected chi connectivity index (χ2v) is 5.20. The molecule has 2 rings (SSSR count). The van der Waals surface area contributed by atoms with Gasteiger partial charge in [-0.1, -0.05) is 30.0 Å². The van der Waals surface area contributed by atoms with Crippen molar-refractivity contribution in [3.05, 3.63) is 57.5 Å². The highest BCUT2D eigenvalue weighted by Crippen LogP contribution is 2.34. The van der Waals surface area contributed by atoms with E-state index in [4.69, 9.17) is 5.73 Å². The lowest BCUT2D eigenvalue weighted by atomic mass is 10.1. The maximum Gasteiger partial charge on any atom is 0.416 e. The normalized spacial score (nSPS) is 11.4. The maximum atomic E-state index is 12.8. The van der Waals surface area contributed by atoms with Crippen LogP contribution in [0.2, 0.25) is 0 Å². The number of hydrogen-bond acceptors (Lipinski definition) is 4. The van der Waals surface area contributed by atoms with Crippen LogP contribution in [0.25, 0.3) is 0 Å². The number of alkyl halides is 3. The number of aromatic nitrogens is 2. The van der Waals surface area contributed by atoms with Gasteiger partial charge in [-0.05, 0) is 11.6 Å². The first-order valence-corrected chi connectivity index (χ1v) is 6.94. The summed E-state index contributed by atoms with van der Waals surface area (Å²) in [5.41, 5.74) is 3.27. The van der Waals surface area contributed by atoms with Crippen molar-refractivity contribution in [2.45, 2.75) is 17.1 Å². The largest absolute Gasteiger partial charge is 0.416 e. The Morgan fingerprint density at radius 2 is 2.00 bits per heavy atom. The number of H-pyrrole nitrogens is 1. The lowest BCUT2D eigenvalue weighted by Crippen LogP contribution is -2.24. The molecule has 0 atom stereocenters. The second kappa shape index (κ2) is 6.22. The van der Waals surface area contributed by atoms with Crippen LogP contribution in [0.5, 0.6) is 0 Å². The predicted molar refractivity (Wildman–Crippen MR) is 74.4 cm³/mol. The van der Waals surface area contributed by atoms with Gasteiger partial charge in [-0.2, -0.15) is 13.2 Å². The molecule has 1 aromatic carbocycles. The molecule has 1 aromatic heterocycles. The zero-order chi connectivity index (χ0) is 16.3. The first kappa shape index (κ1) is 16.1. The number of thioether (sulfide) groups is 1. The highest BCUT2D eigenvalue weighted by molar-refractivity contribution is 7.98. The van der Waals surface area contributed by atoms with Crippen LogP contribution in [0.15, 0.2) is 40.4 Å². The van der Waals surface area contributed by atoms with Gasteiger partial charge in [0.05, 0.1) is 5.56 Å². The third-order valence-corrected chi connectivity index (χ3v) is 3.66.